The summed E-state index contributed by atoms with van der Waals surface area (Å²) in [5.41, 5.74) is 4.13. The number of amides is 1. The highest BCUT2D eigenvalue weighted by atomic mass is 16.2. The maximum atomic E-state index is 12.3. The van der Waals surface area contributed by atoms with E-state index in [1.165, 1.54) is 28.6 Å². The van der Waals surface area contributed by atoms with Gasteiger partial charge in [0.2, 0.25) is 5.91 Å². The summed E-state index contributed by atoms with van der Waals surface area (Å²) >= 11 is 0. The fourth-order valence-corrected chi connectivity index (χ4v) is 4.60. The van der Waals surface area contributed by atoms with Crippen LogP contribution in [-0.2, 0) is 23.3 Å². The Morgan fingerprint density at radius 3 is 2.78 bits per heavy atom. The van der Waals surface area contributed by atoms with Crippen LogP contribution in [0, 0.1) is 5.92 Å². The van der Waals surface area contributed by atoms with Crippen molar-refractivity contribution in [3.05, 3.63) is 35.5 Å². The Morgan fingerprint density at radius 2 is 2.00 bits per heavy atom. The van der Waals surface area contributed by atoms with Crippen LogP contribution in [0.3, 0.4) is 0 Å². The predicted octanol–water partition coefficient (Wildman–Crippen LogP) is 4.08. The number of rotatable bonds is 3. The van der Waals surface area contributed by atoms with Gasteiger partial charge in [-0.1, -0.05) is 32.0 Å². The zero-order valence-electron chi connectivity index (χ0n) is 14.4. The van der Waals surface area contributed by atoms with E-state index in [0.717, 1.165) is 25.9 Å². The molecule has 1 saturated heterocycles. The quantitative estimate of drug-likeness (QED) is 0.838. The number of carbonyl (C=O) groups excluding carboxylic acids is 1. The summed E-state index contributed by atoms with van der Waals surface area (Å²) in [6, 6.07) is 8.79. The molecule has 0 bridgehead atoms. The smallest absolute Gasteiger partial charge is 0.223 e. The molecule has 1 amide bonds. The van der Waals surface area contributed by atoms with Gasteiger partial charge >= 0.3 is 0 Å². The molecule has 0 N–H and O–H groups in total. The van der Waals surface area contributed by atoms with E-state index >= 15 is 0 Å². The Kier molecular flexibility index (Phi) is 3.29. The van der Waals surface area contributed by atoms with Gasteiger partial charge in [-0.25, -0.2) is 0 Å². The molecule has 1 unspecified atom stereocenters. The molecular weight excluding hydrogens is 284 g/mol. The molecule has 1 fully saturated rings. The second-order valence-corrected chi connectivity index (χ2v) is 7.75. The van der Waals surface area contributed by atoms with Crippen LogP contribution in [0.1, 0.15) is 51.3 Å². The molecule has 0 spiro atoms. The highest BCUT2D eigenvalue weighted by Crippen LogP contribution is 2.47. The SMILES string of the molecule is CC(C)CCn1c2c(c3ccccc31)CCN1C(=O)CCC21C. The topological polar surface area (TPSA) is 25.2 Å². The van der Waals surface area contributed by atoms with Crippen molar-refractivity contribution < 1.29 is 4.79 Å². The monoisotopic (exact) mass is 310 g/mol. The van der Waals surface area contributed by atoms with Gasteiger partial charge < -0.3 is 9.47 Å². The van der Waals surface area contributed by atoms with Crippen molar-refractivity contribution in [1.29, 1.82) is 0 Å². The largest absolute Gasteiger partial charge is 0.342 e. The standard InChI is InChI=1S/C20H26N2O/c1-14(2)9-12-21-17-7-5-4-6-15(17)16-10-13-22-18(23)8-11-20(22,3)19(16)21/h4-7,14H,8-13H2,1-3H3. The van der Waals surface area contributed by atoms with E-state index in [0.29, 0.717) is 18.2 Å². The van der Waals surface area contributed by atoms with Crippen molar-refractivity contribution in [3.63, 3.8) is 0 Å². The molecule has 2 aliphatic rings. The number of fused-ring (bicyclic) bond motifs is 5. The van der Waals surface area contributed by atoms with Gasteiger partial charge in [0.05, 0.1) is 5.54 Å². The molecule has 1 atom stereocenters. The zero-order valence-corrected chi connectivity index (χ0v) is 14.4. The van der Waals surface area contributed by atoms with Crippen LogP contribution < -0.4 is 0 Å². The minimum absolute atomic E-state index is 0.110. The van der Waals surface area contributed by atoms with E-state index in [9.17, 15) is 4.79 Å². The fourth-order valence-electron chi connectivity index (χ4n) is 4.60. The van der Waals surface area contributed by atoms with Gasteiger partial charge in [0.15, 0.2) is 0 Å². The van der Waals surface area contributed by atoms with Gasteiger partial charge in [0, 0.05) is 36.1 Å². The average Bonchev–Trinajstić information content (AvgIpc) is 3.01. The van der Waals surface area contributed by atoms with E-state index in [1.54, 1.807) is 0 Å². The average molecular weight is 310 g/mol. The molecule has 122 valence electrons. The Labute approximate surface area is 138 Å². The molecule has 0 saturated carbocycles. The van der Waals surface area contributed by atoms with E-state index < -0.39 is 0 Å². The van der Waals surface area contributed by atoms with Gasteiger partial charge in [-0.05, 0) is 43.7 Å². The normalized spacial score (nSPS) is 23.7. The first-order chi connectivity index (χ1) is 11.0. The van der Waals surface area contributed by atoms with E-state index in [4.69, 9.17) is 0 Å². The molecule has 0 radical (unpaired) electrons. The third-order valence-electron chi connectivity index (χ3n) is 5.82. The summed E-state index contributed by atoms with van der Waals surface area (Å²) in [5, 5.41) is 1.39. The molecule has 1 aromatic carbocycles. The molecule has 3 heterocycles. The first-order valence-electron chi connectivity index (χ1n) is 8.93. The van der Waals surface area contributed by atoms with Gasteiger partial charge in [0.25, 0.3) is 0 Å². The second kappa shape index (κ2) is 5.12. The van der Waals surface area contributed by atoms with Gasteiger partial charge in [-0.15, -0.1) is 0 Å². The Hall–Kier alpha value is -1.77. The predicted molar refractivity (Wildman–Crippen MR) is 93.4 cm³/mol. The lowest BCUT2D eigenvalue weighted by molar-refractivity contribution is -0.131. The molecule has 3 heteroatoms. The van der Waals surface area contributed by atoms with Crippen LogP contribution in [0.5, 0.6) is 0 Å². The number of nitrogens with zero attached hydrogens (tertiary/aromatic N) is 2. The van der Waals surface area contributed by atoms with Crippen molar-refractivity contribution in [2.45, 2.75) is 58.5 Å². The summed E-state index contributed by atoms with van der Waals surface area (Å²) in [7, 11) is 0. The van der Waals surface area contributed by atoms with Crippen LogP contribution in [0.4, 0.5) is 0 Å². The molecule has 23 heavy (non-hydrogen) atoms. The summed E-state index contributed by atoms with van der Waals surface area (Å²) < 4.78 is 2.52. The number of hydrogen-bond donors (Lipinski definition) is 0. The van der Waals surface area contributed by atoms with Crippen molar-refractivity contribution in [2.75, 3.05) is 6.54 Å². The van der Waals surface area contributed by atoms with Crippen LogP contribution in [0.2, 0.25) is 0 Å². The third kappa shape index (κ3) is 2.05. The molecule has 2 aliphatic heterocycles. The summed E-state index contributed by atoms with van der Waals surface area (Å²) in [4.78, 5) is 14.5. The van der Waals surface area contributed by atoms with Crippen molar-refractivity contribution in [1.82, 2.24) is 9.47 Å². The van der Waals surface area contributed by atoms with Crippen LogP contribution in [-0.4, -0.2) is 21.9 Å². The number of carbonyl (C=O) groups is 1. The minimum atomic E-state index is -0.110. The van der Waals surface area contributed by atoms with Crippen molar-refractivity contribution >= 4 is 16.8 Å². The first-order valence-corrected chi connectivity index (χ1v) is 8.93. The summed E-state index contributed by atoms with van der Waals surface area (Å²) in [6.45, 7) is 8.77. The molecule has 0 aliphatic carbocycles. The number of para-hydroxylation sites is 1. The lowest BCUT2D eigenvalue weighted by atomic mass is 9.86. The van der Waals surface area contributed by atoms with E-state index in [2.05, 4.69) is 54.5 Å². The Bertz CT molecular complexity index is 773. The highest BCUT2D eigenvalue weighted by molar-refractivity contribution is 5.88. The van der Waals surface area contributed by atoms with Gasteiger partial charge in [-0.3, -0.25) is 4.79 Å². The maximum Gasteiger partial charge on any atom is 0.223 e. The number of benzene rings is 1. The lowest BCUT2D eigenvalue weighted by Gasteiger charge is -2.41. The minimum Gasteiger partial charge on any atom is -0.342 e. The van der Waals surface area contributed by atoms with Crippen LogP contribution in [0.25, 0.3) is 10.9 Å². The number of aryl methyl sites for hydroxylation is 1. The van der Waals surface area contributed by atoms with E-state index in [-0.39, 0.29) is 5.54 Å². The van der Waals surface area contributed by atoms with Gasteiger partial charge in [0.1, 0.15) is 0 Å². The fraction of sp³-hybridized carbons (Fsp3) is 0.550. The third-order valence-corrected chi connectivity index (χ3v) is 5.82. The number of aromatic nitrogens is 1. The van der Waals surface area contributed by atoms with Crippen molar-refractivity contribution in [3.8, 4) is 0 Å². The second-order valence-electron chi connectivity index (χ2n) is 7.75. The summed E-state index contributed by atoms with van der Waals surface area (Å²) in [5.74, 6) is 1.02. The molecule has 3 nitrogen and oxygen atoms in total. The Balaban J connectivity index is 1.94. The number of hydrogen-bond acceptors (Lipinski definition) is 1. The van der Waals surface area contributed by atoms with Crippen LogP contribution in [0.15, 0.2) is 24.3 Å². The highest BCUT2D eigenvalue weighted by Gasteiger charge is 2.48. The van der Waals surface area contributed by atoms with E-state index in [1.807, 2.05) is 0 Å². The first kappa shape index (κ1) is 14.8. The molecule has 1 aromatic heterocycles. The Morgan fingerprint density at radius 1 is 1.22 bits per heavy atom. The van der Waals surface area contributed by atoms with Crippen molar-refractivity contribution in [2.24, 2.45) is 5.92 Å². The molecule has 2 aromatic rings. The molecular formula is C20H26N2O. The zero-order chi connectivity index (χ0) is 16.2. The van der Waals surface area contributed by atoms with Gasteiger partial charge in [-0.2, -0.15) is 0 Å². The summed E-state index contributed by atoms with van der Waals surface area (Å²) in [6.07, 6.45) is 3.82. The molecule has 4 rings (SSSR count). The lowest BCUT2D eigenvalue weighted by Crippen LogP contribution is -2.47. The maximum absolute atomic E-state index is 12.3. The van der Waals surface area contributed by atoms with Crippen LogP contribution >= 0.6 is 0 Å².